The molecule has 2 fully saturated rings. The second-order valence-corrected chi connectivity index (χ2v) is 7.29. The monoisotopic (exact) mass is 347 g/mol. The van der Waals surface area contributed by atoms with Crippen molar-refractivity contribution in [3.8, 4) is 0 Å². The van der Waals surface area contributed by atoms with Crippen molar-refractivity contribution in [1.82, 2.24) is 14.7 Å². The van der Waals surface area contributed by atoms with Crippen LogP contribution in [0.4, 0.5) is 0 Å². The molecule has 0 aromatic carbocycles. The quantitative estimate of drug-likeness (QED) is 0.836. The maximum absolute atomic E-state index is 12.8. The van der Waals surface area contributed by atoms with E-state index in [0.717, 1.165) is 56.8 Å². The van der Waals surface area contributed by atoms with Crippen molar-refractivity contribution in [2.75, 3.05) is 46.3 Å². The van der Waals surface area contributed by atoms with Crippen LogP contribution in [-0.4, -0.2) is 72.8 Å². The molecule has 0 radical (unpaired) electrons. The highest BCUT2D eigenvalue weighted by Gasteiger charge is 2.33. The second kappa shape index (κ2) is 7.60. The molecular formula is C19H29N3O3. The number of hydrogen-bond donors (Lipinski definition) is 0. The van der Waals surface area contributed by atoms with Gasteiger partial charge in [0.15, 0.2) is 5.76 Å². The van der Waals surface area contributed by atoms with Crippen LogP contribution >= 0.6 is 0 Å². The number of nitrogens with zero attached hydrogens (tertiary/aromatic N) is 3. The Morgan fingerprint density at radius 1 is 1.16 bits per heavy atom. The average Bonchev–Trinajstić information content (AvgIpc) is 3.02. The molecule has 1 atom stereocenters. The molecule has 2 aliphatic rings. The van der Waals surface area contributed by atoms with Crippen LogP contribution in [0.15, 0.2) is 10.5 Å². The maximum Gasteiger partial charge on any atom is 0.289 e. The van der Waals surface area contributed by atoms with E-state index in [1.54, 1.807) is 4.90 Å². The van der Waals surface area contributed by atoms with Gasteiger partial charge in [-0.2, -0.15) is 0 Å². The van der Waals surface area contributed by atoms with Crippen molar-refractivity contribution in [3.63, 3.8) is 0 Å². The zero-order chi connectivity index (χ0) is 18.0. The van der Waals surface area contributed by atoms with E-state index in [1.807, 2.05) is 24.8 Å². The average molecular weight is 347 g/mol. The molecule has 1 aromatic rings. The van der Waals surface area contributed by atoms with Crippen LogP contribution in [0.25, 0.3) is 0 Å². The van der Waals surface area contributed by atoms with Crippen molar-refractivity contribution in [3.05, 3.63) is 23.2 Å². The molecule has 2 aliphatic heterocycles. The van der Waals surface area contributed by atoms with Gasteiger partial charge in [0.1, 0.15) is 5.76 Å². The lowest BCUT2D eigenvalue weighted by Crippen LogP contribution is -2.52. The first-order valence-corrected chi connectivity index (χ1v) is 9.35. The molecule has 0 saturated carbocycles. The number of carbonyl (C=O) groups excluding carboxylic acids is 2. The van der Waals surface area contributed by atoms with Crippen LogP contribution in [0.2, 0.25) is 0 Å². The number of likely N-dealkylation sites (tertiary alicyclic amines) is 1. The number of amides is 2. The molecule has 3 rings (SSSR count). The number of piperidine rings is 1. The van der Waals surface area contributed by atoms with E-state index in [1.165, 1.54) is 0 Å². The van der Waals surface area contributed by atoms with E-state index in [9.17, 15) is 9.59 Å². The van der Waals surface area contributed by atoms with Gasteiger partial charge in [-0.25, -0.2) is 0 Å². The van der Waals surface area contributed by atoms with Crippen LogP contribution in [0.1, 0.15) is 41.6 Å². The highest BCUT2D eigenvalue weighted by atomic mass is 16.4. The van der Waals surface area contributed by atoms with Gasteiger partial charge in [0.25, 0.3) is 5.91 Å². The molecule has 3 heterocycles. The highest BCUT2D eigenvalue weighted by Crippen LogP contribution is 2.23. The molecule has 0 N–H and O–H groups in total. The van der Waals surface area contributed by atoms with Gasteiger partial charge in [0, 0.05) is 45.7 Å². The SMILES string of the molecule is CCc1oc(C(=O)N2CCC[C@H](C(=O)N3CCN(C)CC3)C2)cc1C. The van der Waals surface area contributed by atoms with Gasteiger partial charge in [-0.3, -0.25) is 9.59 Å². The predicted molar refractivity (Wildman–Crippen MR) is 95.5 cm³/mol. The normalized spacial score (nSPS) is 22.3. The molecule has 25 heavy (non-hydrogen) atoms. The summed E-state index contributed by atoms with van der Waals surface area (Å²) in [5.74, 6) is 1.31. The Morgan fingerprint density at radius 3 is 2.52 bits per heavy atom. The zero-order valence-electron chi connectivity index (χ0n) is 15.6. The lowest BCUT2D eigenvalue weighted by Gasteiger charge is -2.37. The van der Waals surface area contributed by atoms with Crippen LogP contribution in [-0.2, 0) is 11.2 Å². The minimum atomic E-state index is -0.0846. The minimum Gasteiger partial charge on any atom is -0.456 e. The first kappa shape index (κ1) is 18.0. The summed E-state index contributed by atoms with van der Waals surface area (Å²) in [6.45, 7) is 8.62. The number of carbonyl (C=O) groups is 2. The third kappa shape index (κ3) is 3.89. The molecule has 0 spiro atoms. The number of rotatable bonds is 3. The summed E-state index contributed by atoms with van der Waals surface area (Å²) in [4.78, 5) is 31.6. The summed E-state index contributed by atoms with van der Waals surface area (Å²) in [7, 11) is 2.08. The van der Waals surface area contributed by atoms with Crippen LogP contribution < -0.4 is 0 Å². The van der Waals surface area contributed by atoms with Gasteiger partial charge in [0.2, 0.25) is 5.91 Å². The zero-order valence-corrected chi connectivity index (χ0v) is 15.6. The Morgan fingerprint density at radius 2 is 1.88 bits per heavy atom. The van der Waals surface area contributed by atoms with E-state index in [0.29, 0.717) is 18.8 Å². The fourth-order valence-electron chi connectivity index (χ4n) is 3.78. The van der Waals surface area contributed by atoms with Gasteiger partial charge < -0.3 is 19.1 Å². The number of hydrogen-bond acceptors (Lipinski definition) is 4. The Hall–Kier alpha value is -1.82. The summed E-state index contributed by atoms with van der Waals surface area (Å²) in [5, 5.41) is 0. The van der Waals surface area contributed by atoms with E-state index in [-0.39, 0.29) is 17.7 Å². The third-order valence-corrected chi connectivity index (χ3v) is 5.43. The molecule has 6 nitrogen and oxygen atoms in total. The van der Waals surface area contributed by atoms with Gasteiger partial charge in [-0.1, -0.05) is 6.92 Å². The molecule has 1 aromatic heterocycles. The highest BCUT2D eigenvalue weighted by molar-refractivity contribution is 5.92. The van der Waals surface area contributed by atoms with Crippen molar-refractivity contribution in [2.24, 2.45) is 5.92 Å². The Bertz CT molecular complexity index is 632. The number of aryl methyl sites for hydroxylation is 2. The topological polar surface area (TPSA) is 57.0 Å². The van der Waals surface area contributed by atoms with Crippen molar-refractivity contribution < 1.29 is 14.0 Å². The lowest BCUT2D eigenvalue weighted by atomic mass is 9.96. The number of piperazine rings is 1. The fourth-order valence-corrected chi connectivity index (χ4v) is 3.78. The van der Waals surface area contributed by atoms with E-state index in [4.69, 9.17) is 4.42 Å². The summed E-state index contributed by atoms with van der Waals surface area (Å²) in [6.07, 6.45) is 2.52. The lowest BCUT2D eigenvalue weighted by molar-refractivity contribution is -0.138. The summed E-state index contributed by atoms with van der Waals surface area (Å²) in [6, 6.07) is 1.83. The number of likely N-dealkylation sites (N-methyl/N-ethyl adjacent to an activating group) is 1. The Kier molecular flexibility index (Phi) is 5.47. The molecule has 2 saturated heterocycles. The maximum atomic E-state index is 12.8. The smallest absolute Gasteiger partial charge is 0.289 e. The van der Waals surface area contributed by atoms with Gasteiger partial charge in [-0.15, -0.1) is 0 Å². The minimum absolute atomic E-state index is 0.0807. The molecule has 6 heteroatoms. The van der Waals surface area contributed by atoms with Crippen molar-refractivity contribution >= 4 is 11.8 Å². The molecule has 0 bridgehead atoms. The van der Waals surface area contributed by atoms with Gasteiger partial charge >= 0.3 is 0 Å². The third-order valence-electron chi connectivity index (χ3n) is 5.43. The van der Waals surface area contributed by atoms with Gasteiger partial charge in [-0.05, 0) is 38.4 Å². The standard InChI is InChI=1S/C19H29N3O3/c1-4-16-14(2)12-17(25-16)19(24)22-7-5-6-15(13-22)18(23)21-10-8-20(3)9-11-21/h12,15H,4-11,13H2,1-3H3/t15-/m0/s1. The number of furan rings is 1. The fraction of sp³-hybridized carbons (Fsp3) is 0.684. The van der Waals surface area contributed by atoms with E-state index >= 15 is 0 Å². The summed E-state index contributed by atoms with van der Waals surface area (Å²) in [5.41, 5.74) is 1.02. The Balaban J connectivity index is 1.64. The second-order valence-electron chi connectivity index (χ2n) is 7.29. The Labute approximate surface area is 149 Å². The van der Waals surface area contributed by atoms with Crippen molar-refractivity contribution in [1.29, 1.82) is 0 Å². The molecule has 0 aliphatic carbocycles. The molecule has 2 amide bonds. The summed E-state index contributed by atoms with van der Waals surface area (Å²) < 4.78 is 5.71. The van der Waals surface area contributed by atoms with E-state index in [2.05, 4.69) is 11.9 Å². The van der Waals surface area contributed by atoms with Gasteiger partial charge in [0.05, 0.1) is 5.92 Å². The molecular weight excluding hydrogens is 318 g/mol. The largest absolute Gasteiger partial charge is 0.456 e. The van der Waals surface area contributed by atoms with Crippen LogP contribution in [0, 0.1) is 12.8 Å². The molecule has 138 valence electrons. The first-order valence-electron chi connectivity index (χ1n) is 9.35. The first-order chi connectivity index (χ1) is 12.0. The van der Waals surface area contributed by atoms with Crippen LogP contribution in [0.3, 0.4) is 0 Å². The van der Waals surface area contributed by atoms with E-state index < -0.39 is 0 Å². The predicted octanol–water partition coefficient (Wildman–Crippen LogP) is 1.78. The summed E-state index contributed by atoms with van der Waals surface area (Å²) >= 11 is 0. The molecule has 0 unspecified atom stereocenters. The van der Waals surface area contributed by atoms with Crippen LogP contribution in [0.5, 0.6) is 0 Å². The van der Waals surface area contributed by atoms with Crippen molar-refractivity contribution in [2.45, 2.75) is 33.1 Å².